The van der Waals surface area contributed by atoms with E-state index < -0.39 is 12.0 Å². The number of amides is 2. The standard InChI is InChI=1S/C19H26N2O6/c1-2-26-10-11-27-13-17(22)20-15-7-5-6-14(12-15)18(23)21-9-4-3-8-16(21)19(24)25/h5-7,12,16H,2-4,8-11,13H2,1H3,(H,20,22)(H,24,25). The predicted molar refractivity (Wildman–Crippen MR) is 98.7 cm³/mol. The number of nitrogens with zero attached hydrogens (tertiary/aromatic N) is 1. The van der Waals surface area contributed by atoms with Crippen molar-refractivity contribution in [2.24, 2.45) is 0 Å². The first kappa shape index (κ1) is 20.9. The summed E-state index contributed by atoms with van der Waals surface area (Å²) in [6.45, 7) is 3.53. The Hall–Kier alpha value is -2.45. The van der Waals surface area contributed by atoms with E-state index in [2.05, 4.69) is 5.32 Å². The molecule has 0 spiro atoms. The lowest BCUT2D eigenvalue weighted by Gasteiger charge is -2.33. The number of rotatable bonds is 9. The Kier molecular flexibility index (Phi) is 8.22. The molecule has 0 aromatic heterocycles. The zero-order valence-corrected chi connectivity index (χ0v) is 15.5. The van der Waals surface area contributed by atoms with E-state index >= 15 is 0 Å². The van der Waals surface area contributed by atoms with Crippen LogP contribution in [0.25, 0.3) is 0 Å². The number of carboxylic acid groups (broad SMARTS) is 1. The largest absolute Gasteiger partial charge is 0.480 e. The first-order valence-electron chi connectivity index (χ1n) is 9.12. The Labute approximate surface area is 158 Å². The first-order chi connectivity index (χ1) is 13.0. The number of carbonyl (C=O) groups is 3. The van der Waals surface area contributed by atoms with Crippen LogP contribution in [0.2, 0.25) is 0 Å². The summed E-state index contributed by atoms with van der Waals surface area (Å²) in [5.74, 6) is -1.67. The number of carbonyl (C=O) groups excluding carboxylic acids is 2. The quantitative estimate of drug-likeness (QED) is 0.635. The van der Waals surface area contributed by atoms with Gasteiger partial charge in [-0.15, -0.1) is 0 Å². The lowest BCUT2D eigenvalue weighted by atomic mass is 10.0. The first-order valence-corrected chi connectivity index (χ1v) is 9.12. The van der Waals surface area contributed by atoms with Crippen molar-refractivity contribution in [1.29, 1.82) is 0 Å². The van der Waals surface area contributed by atoms with Crippen LogP contribution in [0.1, 0.15) is 36.5 Å². The minimum absolute atomic E-state index is 0.113. The van der Waals surface area contributed by atoms with E-state index in [1.54, 1.807) is 24.3 Å². The van der Waals surface area contributed by atoms with Crippen LogP contribution in [0.4, 0.5) is 5.69 Å². The summed E-state index contributed by atoms with van der Waals surface area (Å²) in [6, 6.07) is 5.68. The SMILES string of the molecule is CCOCCOCC(=O)Nc1cccc(C(=O)N2CCCCC2C(=O)O)c1. The van der Waals surface area contributed by atoms with Gasteiger partial charge in [0.15, 0.2) is 0 Å². The van der Waals surface area contributed by atoms with Crippen molar-refractivity contribution >= 4 is 23.5 Å². The van der Waals surface area contributed by atoms with Gasteiger partial charge in [-0.05, 0) is 44.4 Å². The van der Waals surface area contributed by atoms with Gasteiger partial charge in [0.1, 0.15) is 12.6 Å². The van der Waals surface area contributed by atoms with E-state index in [4.69, 9.17) is 9.47 Å². The molecule has 0 radical (unpaired) electrons. The number of piperidine rings is 1. The molecule has 1 aromatic rings. The fourth-order valence-corrected chi connectivity index (χ4v) is 2.95. The summed E-state index contributed by atoms with van der Waals surface area (Å²) in [6.07, 6.45) is 2.03. The van der Waals surface area contributed by atoms with E-state index in [0.29, 0.717) is 44.0 Å². The topological polar surface area (TPSA) is 105 Å². The molecule has 1 aliphatic heterocycles. The second-order valence-corrected chi connectivity index (χ2v) is 6.23. The molecule has 2 amide bonds. The number of carboxylic acids is 1. The van der Waals surface area contributed by atoms with Crippen LogP contribution in [0.15, 0.2) is 24.3 Å². The molecule has 1 fully saturated rings. The molecule has 148 valence electrons. The average molecular weight is 378 g/mol. The number of nitrogens with one attached hydrogen (secondary N) is 1. The second kappa shape index (κ2) is 10.6. The normalized spacial score (nSPS) is 16.8. The highest BCUT2D eigenvalue weighted by molar-refractivity contribution is 5.99. The number of likely N-dealkylation sites (tertiary alicyclic amines) is 1. The van der Waals surface area contributed by atoms with E-state index in [-0.39, 0.29) is 18.4 Å². The van der Waals surface area contributed by atoms with Crippen molar-refractivity contribution in [3.63, 3.8) is 0 Å². The zero-order valence-electron chi connectivity index (χ0n) is 15.5. The molecule has 8 heteroatoms. The van der Waals surface area contributed by atoms with Crippen molar-refractivity contribution in [3.05, 3.63) is 29.8 Å². The van der Waals surface area contributed by atoms with Crippen LogP contribution in [0.3, 0.4) is 0 Å². The minimum Gasteiger partial charge on any atom is -0.480 e. The molecule has 8 nitrogen and oxygen atoms in total. The number of aliphatic carboxylic acids is 1. The summed E-state index contributed by atoms with van der Waals surface area (Å²) in [5.41, 5.74) is 0.807. The fraction of sp³-hybridized carbons (Fsp3) is 0.526. The van der Waals surface area contributed by atoms with Gasteiger partial charge in [-0.3, -0.25) is 9.59 Å². The maximum absolute atomic E-state index is 12.7. The molecule has 0 saturated carbocycles. The van der Waals surface area contributed by atoms with Gasteiger partial charge in [0.25, 0.3) is 5.91 Å². The fourth-order valence-electron chi connectivity index (χ4n) is 2.95. The molecular weight excluding hydrogens is 352 g/mol. The number of anilines is 1. The Bertz CT molecular complexity index is 663. The molecule has 0 bridgehead atoms. The van der Waals surface area contributed by atoms with Gasteiger partial charge in [0.05, 0.1) is 13.2 Å². The third-order valence-corrected chi connectivity index (χ3v) is 4.25. The van der Waals surface area contributed by atoms with Gasteiger partial charge in [0.2, 0.25) is 5.91 Å². The summed E-state index contributed by atoms with van der Waals surface area (Å²) in [7, 11) is 0. The van der Waals surface area contributed by atoms with Crippen molar-refractivity contribution in [2.75, 3.05) is 38.3 Å². The average Bonchev–Trinajstić information content (AvgIpc) is 2.67. The van der Waals surface area contributed by atoms with E-state index in [1.807, 2.05) is 6.92 Å². The maximum Gasteiger partial charge on any atom is 0.326 e. The van der Waals surface area contributed by atoms with Gasteiger partial charge in [-0.25, -0.2) is 4.79 Å². The van der Waals surface area contributed by atoms with Crippen LogP contribution < -0.4 is 5.32 Å². The van der Waals surface area contributed by atoms with Gasteiger partial charge in [0, 0.05) is 24.4 Å². The van der Waals surface area contributed by atoms with E-state index in [1.165, 1.54) is 4.90 Å². The molecule has 1 saturated heterocycles. The van der Waals surface area contributed by atoms with Crippen LogP contribution in [-0.2, 0) is 19.1 Å². The smallest absolute Gasteiger partial charge is 0.326 e. The Balaban J connectivity index is 1.94. The highest BCUT2D eigenvalue weighted by atomic mass is 16.5. The van der Waals surface area contributed by atoms with Crippen molar-refractivity contribution < 1.29 is 29.0 Å². The van der Waals surface area contributed by atoms with E-state index in [9.17, 15) is 19.5 Å². The van der Waals surface area contributed by atoms with Crippen LogP contribution in [-0.4, -0.2) is 66.8 Å². The predicted octanol–water partition coefficient (Wildman–Crippen LogP) is 1.76. The zero-order chi connectivity index (χ0) is 19.6. The number of benzene rings is 1. The van der Waals surface area contributed by atoms with Gasteiger partial charge < -0.3 is 24.8 Å². The third kappa shape index (κ3) is 6.33. The lowest BCUT2D eigenvalue weighted by Crippen LogP contribution is -2.48. The number of hydrogen-bond acceptors (Lipinski definition) is 5. The highest BCUT2D eigenvalue weighted by Crippen LogP contribution is 2.21. The summed E-state index contributed by atoms with van der Waals surface area (Å²) in [5, 5.41) is 12.0. The van der Waals surface area contributed by atoms with Gasteiger partial charge in [-0.2, -0.15) is 0 Å². The van der Waals surface area contributed by atoms with Crippen molar-refractivity contribution in [3.8, 4) is 0 Å². The van der Waals surface area contributed by atoms with Gasteiger partial charge in [-0.1, -0.05) is 6.07 Å². The molecule has 1 atom stereocenters. The molecule has 1 unspecified atom stereocenters. The second-order valence-electron chi connectivity index (χ2n) is 6.23. The van der Waals surface area contributed by atoms with E-state index in [0.717, 1.165) is 12.8 Å². The lowest BCUT2D eigenvalue weighted by molar-refractivity contribution is -0.143. The molecule has 1 heterocycles. The molecule has 0 aliphatic carbocycles. The molecule has 1 aromatic carbocycles. The number of ether oxygens (including phenoxy) is 2. The maximum atomic E-state index is 12.7. The minimum atomic E-state index is -0.989. The Morgan fingerprint density at radius 1 is 1.22 bits per heavy atom. The summed E-state index contributed by atoms with van der Waals surface area (Å²) < 4.78 is 10.3. The molecular formula is C19H26N2O6. The molecule has 2 N–H and O–H groups in total. The number of hydrogen-bond donors (Lipinski definition) is 2. The molecule has 2 rings (SSSR count). The van der Waals surface area contributed by atoms with Gasteiger partial charge >= 0.3 is 5.97 Å². The Morgan fingerprint density at radius 2 is 2.00 bits per heavy atom. The van der Waals surface area contributed by atoms with Crippen LogP contribution in [0.5, 0.6) is 0 Å². The highest BCUT2D eigenvalue weighted by Gasteiger charge is 2.32. The Morgan fingerprint density at radius 3 is 2.74 bits per heavy atom. The molecule has 1 aliphatic rings. The van der Waals surface area contributed by atoms with Crippen LogP contribution >= 0.6 is 0 Å². The van der Waals surface area contributed by atoms with Crippen molar-refractivity contribution in [2.45, 2.75) is 32.2 Å². The summed E-state index contributed by atoms with van der Waals surface area (Å²) >= 11 is 0. The van der Waals surface area contributed by atoms with Crippen molar-refractivity contribution in [1.82, 2.24) is 4.90 Å². The monoisotopic (exact) mass is 378 g/mol. The van der Waals surface area contributed by atoms with Crippen LogP contribution in [0, 0.1) is 0 Å². The summed E-state index contributed by atoms with van der Waals surface area (Å²) in [4.78, 5) is 37.5. The third-order valence-electron chi connectivity index (χ3n) is 4.25. The molecule has 27 heavy (non-hydrogen) atoms.